The Morgan fingerprint density at radius 3 is 2.74 bits per heavy atom. The number of thiophene rings is 1. The lowest BCUT2D eigenvalue weighted by molar-refractivity contribution is 0.857. The van der Waals surface area contributed by atoms with Crippen LogP contribution in [0.5, 0.6) is 0 Å². The third kappa shape index (κ3) is 3.46. The Bertz CT molecular complexity index is 1460. The number of nitriles is 1. The molecule has 0 unspecified atom stereocenters. The number of nitrogens with one attached hydrogen (secondary N) is 1. The van der Waals surface area contributed by atoms with E-state index in [0.29, 0.717) is 22.3 Å². The molecule has 31 heavy (non-hydrogen) atoms. The lowest BCUT2D eigenvalue weighted by Gasteiger charge is -2.12. The molecule has 152 valence electrons. The number of anilines is 2. The van der Waals surface area contributed by atoms with Crippen LogP contribution >= 0.6 is 22.7 Å². The predicted octanol–water partition coefficient (Wildman–Crippen LogP) is 5.54. The van der Waals surface area contributed by atoms with Crippen molar-refractivity contribution >= 4 is 44.5 Å². The minimum absolute atomic E-state index is 0.410. The van der Waals surface area contributed by atoms with Crippen LogP contribution in [-0.4, -0.2) is 25.0 Å². The molecular weight excluding hydrogens is 426 g/mol. The van der Waals surface area contributed by atoms with E-state index in [1.807, 2.05) is 23.6 Å². The number of aryl methyl sites for hydroxylation is 3. The summed E-state index contributed by atoms with van der Waals surface area (Å²) in [5, 5.41) is 30.3. The fourth-order valence-corrected chi connectivity index (χ4v) is 5.07. The van der Waals surface area contributed by atoms with Crippen molar-refractivity contribution in [2.75, 3.05) is 5.32 Å². The van der Waals surface area contributed by atoms with E-state index in [2.05, 4.69) is 59.6 Å². The van der Waals surface area contributed by atoms with Gasteiger partial charge in [-0.05, 0) is 55.5 Å². The molecule has 0 bridgehead atoms. The van der Waals surface area contributed by atoms with Crippen LogP contribution in [-0.2, 0) is 0 Å². The van der Waals surface area contributed by atoms with Crippen molar-refractivity contribution < 1.29 is 0 Å². The summed E-state index contributed by atoms with van der Waals surface area (Å²) in [5.74, 6) is 1.16. The van der Waals surface area contributed by atoms with Crippen LogP contribution in [0.25, 0.3) is 26.6 Å². The molecule has 9 heteroatoms. The number of pyridine rings is 1. The van der Waals surface area contributed by atoms with E-state index in [1.54, 1.807) is 16.0 Å². The van der Waals surface area contributed by atoms with Gasteiger partial charge >= 0.3 is 0 Å². The van der Waals surface area contributed by atoms with Gasteiger partial charge < -0.3 is 5.32 Å². The molecule has 0 aliphatic carbocycles. The third-order valence-corrected chi connectivity index (χ3v) is 6.81. The Balaban J connectivity index is 1.59. The van der Waals surface area contributed by atoms with Gasteiger partial charge in [-0.3, -0.25) is 0 Å². The summed E-state index contributed by atoms with van der Waals surface area (Å²) < 4.78 is 1.65. The summed E-state index contributed by atoms with van der Waals surface area (Å²) >= 11 is 3.04. The van der Waals surface area contributed by atoms with E-state index in [4.69, 9.17) is 4.98 Å². The van der Waals surface area contributed by atoms with Gasteiger partial charge in [-0.25, -0.2) is 4.98 Å². The van der Waals surface area contributed by atoms with E-state index in [1.165, 1.54) is 23.1 Å². The van der Waals surface area contributed by atoms with E-state index in [9.17, 15) is 5.26 Å². The Labute approximate surface area is 186 Å². The molecule has 1 aromatic carbocycles. The van der Waals surface area contributed by atoms with Crippen molar-refractivity contribution in [2.45, 2.75) is 20.8 Å². The van der Waals surface area contributed by atoms with Gasteiger partial charge in [0, 0.05) is 5.39 Å². The number of benzene rings is 1. The summed E-state index contributed by atoms with van der Waals surface area (Å²) in [5.41, 5.74) is 4.74. The highest BCUT2D eigenvalue weighted by atomic mass is 32.1. The van der Waals surface area contributed by atoms with Gasteiger partial charge in [-0.1, -0.05) is 29.0 Å². The Morgan fingerprint density at radius 1 is 1.10 bits per heavy atom. The van der Waals surface area contributed by atoms with Crippen molar-refractivity contribution in [1.29, 1.82) is 5.26 Å². The average Bonchev–Trinajstić information content (AvgIpc) is 3.49. The summed E-state index contributed by atoms with van der Waals surface area (Å²) in [6, 6.07) is 12.4. The van der Waals surface area contributed by atoms with Crippen molar-refractivity contribution in [3.63, 3.8) is 0 Å². The number of hydrogen-bond acceptors (Lipinski definition) is 8. The van der Waals surface area contributed by atoms with Gasteiger partial charge in [-0.15, -0.1) is 21.5 Å². The Hall–Kier alpha value is -3.61. The SMILES string of the molecule is Cc1cc(C)c2nc(-n3ncc(C#N)c3Nc3nnc(-c4cccs4)s3)cc(C)c2c1. The molecular formula is C22H17N7S2. The van der Waals surface area contributed by atoms with Crippen LogP contribution in [0.4, 0.5) is 10.9 Å². The lowest BCUT2D eigenvalue weighted by atomic mass is 10.0. The monoisotopic (exact) mass is 443 g/mol. The number of hydrogen-bond donors (Lipinski definition) is 1. The highest BCUT2D eigenvalue weighted by molar-refractivity contribution is 7.22. The topological polar surface area (TPSA) is 92.3 Å². The maximum atomic E-state index is 9.62. The number of aromatic nitrogens is 5. The van der Waals surface area contributed by atoms with E-state index >= 15 is 0 Å². The molecule has 1 N–H and O–H groups in total. The van der Waals surface area contributed by atoms with Gasteiger partial charge in [0.05, 0.1) is 16.6 Å². The lowest BCUT2D eigenvalue weighted by Crippen LogP contribution is -2.06. The van der Waals surface area contributed by atoms with Crippen molar-refractivity contribution in [2.24, 2.45) is 0 Å². The summed E-state index contributed by atoms with van der Waals surface area (Å²) in [7, 11) is 0. The maximum absolute atomic E-state index is 9.62. The molecule has 0 saturated carbocycles. The Morgan fingerprint density at radius 2 is 1.97 bits per heavy atom. The summed E-state index contributed by atoms with van der Waals surface area (Å²) in [6.07, 6.45) is 1.53. The predicted molar refractivity (Wildman–Crippen MR) is 124 cm³/mol. The third-order valence-electron chi connectivity index (χ3n) is 4.93. The molecule has 0 atom stereocenters. The van der Waals surface area contributed by atoms with Crippen LogP contribution in [0.1, 0.15) is 22.3 Å². The quantitative estimate of drug-likeness (QED) is 0.392. The summed E-state index contributed by atoms with van der Waals surface area (Å²) in [6.45, 7) is 6.20. The largest absolute Gasteiger partial charge is 0.313 e. The highest BCUT2D eigenvalue weighted by Crippen LogP contribution is 2.33. The van der Waals surface area contributed by atoms with E-state index < -0.39 is 0 Å². The number of nitrogens with zero attached hydrogens (tertiary/aromatic N) is 6. The zero-order valence-corrected chi connectivity index (χ0v) is 18.7. The molecule has 5 aromatic rings. The van der Waals surface area contributed by atoms with Crippen LogP contribution in [0, 0.1) is 32.1 Å². The smallest absolute Gasteiger partial charge is 0.211 e. The van der Waals surface area contributed by atoms with Crippen LogP contribution in [0.15, 0.2) is 41.9 Å². The standard InChI is InChI=1S/C22H17N7S2/c1-12-7-14(3)19-16(8-12)13(2)9-18(25-19)29-20(15(10-23)11-24-29)26-22-28-27-21(31-22)17-5-4-6-30-17/h4-9,11H,1-3H3,(H,26,28). The molecule has 0 radical (unpaired) electrons. The number of fused-ring (bicyclic) bond motifs is 1. The molecule has 0 saturated heterocycles. The molecule has 0 aliphatic rings. The molecule has 0 amide bonds. The molecule has 0 fully saturated rings. The van der Waals surface area contributed by atoms with Gasteiger partial charge in [-0.2, -0.15) is 15.0 Å². The average molecular weight is 444 g/mol. The molecule has 5 rings (SSSR count). The van der Waals surface area contributed by atoms with E-state index in [-0.39, 0.29) is 0 Å². The fraction of sp³-hybridized carbons (Fsp3) is 0.136. The normalized spacial score (nSPS) is 11.0. The van der Waals surface area contributed by atoms with Crippen LogP contribution < -0.4 is 5.32 Å². The van der Waals surface area contributed by atoms with Crippen molar-refractivity contribution in [3.05, 3.63) is 64.2 Å². The zero-order chi connectivity index (χ0) is 21.5. The van der Waals surface area contributed by atoms with E-state index in [0.717, 1.165) is 31.9 Å². The molecule has 4 heterocycles. The highest BCUT2D eigenvalue weighted by Gasteiger charge is 2.17. The van der Waals surface area contributed by atoms with Gasteiger partial charge in [0.25, 0.3) is 0 Å². The van der Waals surface area contributed by atoms with Crippen LogP contribution in [0.2, 0.25) is 0 Å². The summed E-state index contributed by atoms with van der Waals surface area (Å²) in [4.78, 5) is 5.92. The first-order valence-corrected chi connectivity index (χ1v) is 11.2. The van der Waals surface area contributed by atoms with Crippen LogP contribution in [0.3, 0.4) is 0 Å². The van der Waals surface area contributed by atoms with Gasteiger partial charge in [0.2, 0.25) is 5.13 Å². The minimum atomic E-state index is 0.410. The van der Waals surface area contributed by atoms with Gasteiger partial charge in [0.1, 0.15) is 11.6 Å². The fourth-order valence-electron chi connectivity index (χ4n) is 3.53. The Kier molecular flexibility index (Phi) is 4.73. The molecule has 0 spiro atoms. The van der Waals surface area contributed by atoms with Crippen molar-refractivity contribution in [3.8, 4) is 21.8 Å². The number of rotatable bonds is 4. The first-order valence-electron chi connectivity index (χ1n) is 9.55. The van der Waals surface area contributed by atoms with Crippen molar-refractivity contribution in [1.82, 2.24) is 25.0 Å². The molecule has 7 nitrogen and oxygen atoms in total. The first kappa shape index (κ1) is 19.4. The molecule has 0 aliphatic heterocycles. The zero-order valence-electron chi connectivity index (χ0n) is 17.0. The second kappa shape index (κ2) is 7.58. The second-order valence-electron chi connectivity index (χ2n) is 7.22. The first-order chi connectivity index (χ1) is 15.0. The molecule has 4 aromatic heterocycles. The van der Waals surface area contributed by atoms with Gasteiger partial charge in [0.15, 0.2) is 16.6 Å². The second-order valence-corrected chi connectivity index (χ2v) is 9.15. The minimum Gasteiger partial charge on any atom is -0.313 e. The maximum Gasteiger partial charge on any atom is 0.211 e.